The topological polar surface area (TPSA) is 66.4 Å². The lowest BCUT2D eigenvalue weighted by molar-refractivity contribution is -0.137. The van der Waals surface area contributed by atoms with Crippen LogP contribution in [0.25, 0.3) is 0 Å². The summed E-state index contributed by atoms with van der Waals surface area (Å²) in [5.41, 5.74) is -0.201. The Bertz CT molecular complexity index is 756. The third kappa shape index (κ3) is 3.77. The maximum atomic E-state index is 12.5. The zero-order valence-corrected chi connectivity index (χ0v) is 11.9. The molecule has 0 radical (unpaired) electrons. The van der Waals surface area contributed by atoms with Crippen LogP contribution in [0, 0.1) is 0 Å². The number of aliphatic hydroxyl groups is 1. The molecule has 2 aromatic carbocycles. The fourth-order valence-electron chi connectivity index (χ4n) is 1.77. The van der Waals surface area contributed by atoms with E-state index < -0.39 is 21.8 Å². The van der Waals surface area contributed by atoms with Gasteiger partial charge in [-0.3, -0.25) is 4.72 Å². The van der Waals surface area contributed by atoms with Gasteiger partial charge in [-0.05, 0) is 42.0 Å². The highest BCUT2D eigenvalue weighted by molar-refractivity contribution is 7.92. The first kappa shape index (κ1) is 16.3. The standard InChI is InChI=1S/C14H12F3NO3S/c15-14(16,17)11-4-6-13(7-5-11)22(20,21)18-12-3-1-2-10(8-12)9-19/h1-8,18-19H,9H2. The second kappa shape index (κ2) is 5.98. The first-order valence-electron chi connectivity index (χ1n) is 6.12. The summed E-state index contributed by atoms with van der Waals surface area (Å²) in [5, 5.41) is 9.00. The van der Waals surface area contributed by atoms with E-state index in [1.807, 2.05) is 0 Å². The summed E-state index contributed by atoms with van der Waals surface area (Å²) in [7, 11) is -4.00. The lowest BCUT2D eigenvalue weighted by Gasteiger charge is -2.10. The largest absolute Gasteiger partial charge is 0.416 e. The quantitative estimate of drug-likeness (QED) is 0.905. The third-order valence-electron chi connectivity index (χ3n) is 2.85. The van der Waals surface area contributed by atoms with Crippen LogP contribution in [0.3, 0.4) is 0 Å². The van der Waals surface area contributed by atoms with Crippen LogP contribution >= 0.6 is 0 Å². The zero-order valence-electron chi connectivity index (χ0n) is 11.1. The van der Waals surface area contributed by atoms with Gasteiger partial charge in [-0.1, -0.05) is 12.1 Å². The van der Waals surface area contributed by atoms with Crippen molar-refractivity contribution in [2.75, 3.05) is 4.72 Å². The summed E-state index contributed by atoms with van der Waals surface area (Å²) in [5.74, 6) is 0. The van der Waals surface area contributed by atoms with E-state index in [1.165, 1.54) is 12.1 Å². The maximum absolute atomic E-state index is 12.5. The van der Waals surface area contributed by atoms with Gasteiger partial charge in [-0.2, -0.15) is 13.2 Å². The van der Waals surface area contributed by atoms with E-state index in [1.54, 1.807) is 12.1 Å². The normalized spacial score (nSPS) is 12.2. The molecule has 118 valence electrons. The molecule has 0 unspecified atom stereocenters. The monoisotopic (exact) mass is 331 g/mol. The van der Waals surface area contributed by atoms with E-state index in [0.717, 1.165) is 12.1 Å². The fraction of sp³-hybridized carbons (Fsp3) is 0.143. The van der Waals surface area contributed by atoms with Crippen molar-refractivity contribution in [3.63, 3.8) is 0 Å². The van der Waals surface area contributed by atoms with Crippen LogP contribution in [0.1, 0.15) is 11.1 Å². The molecule has 0 saturated heterocycles. The Labute approximate surface area is 125 Å². The van der Waals surface area contributed by atoms with Crippen molar-refractivity contribution in [1.82, 2.24) is 0 Å². The highest BCUT2D eigenvalue weighted by Crippen LogP contribution is 2.30. The molecule has 0 aliphatic carbocycles. The second-order valence-electron chi connectivity index (χ2n) is 4.49. The number of hydrogen-bond acceptors (Lipinski definition) is 3. The van der Waals surface area contributed by atoms with Gasteiger partial charge in [0.15, 0.2) is 0 Å². The van der Waals surface area contributed by atoms with Gasteiger partial charge in [0, 0.05) is 5.69 Å². The molecule has 0 aliphatic heterocycles. The molecule has 0 spiro atoms. The molecule has 2 rings (SSSR count). The van der Waals surface area contributed by atoms with Crippen LogP contribution in [0.15, 0.2) is 53.4 Å². The summed E-state index contributed by atoms with van der Waals surface area (Å²) in [6.07, 6.45) is -4.52. The average Bonchev–Trinajstić information content (AvgIpc) is 2.46. The van der Waals surface area contributed by atoms with Crippen molar-refractivity contribution in [3.8, 4) is 0 Å². The van der Waals surface area contributed by atoms with Crippen molar-refractivity contribution in [3.05, 3.63) is 59.7 Å². The Hall–Kier alpha value is -2.06. The Morgan fingerprint density at radius 1 is 1.05 bits per heavy atom. The average molecular weight is 331 g/mol. The molecule has 0 fully saturated rings. The van der Waals surface area contributed by atoms with Crippen molar-refractivity contribution in [1.29, 1.82) is 0 Å². The number of rotatable bonds is 4. The number of halogens is 3. The van der Waals surface area contributed by atoms with E-state index in [2.05, 4.69) is 4.72 Å². The van der Waals surface area contributed by atoms with Crippen molar-refractivity contribution in [2.45, 2.75) is 17.7 Å². The minimum absolute atomic E-state index is 0.214. The van der Waals surface area contributed by atoms with Gasteiger partial charge >= 0.3 is 6.18 Å². The molecule has 0 amide bonds. The Morgan fingerprint density at radius 2 is 1.68 bits per heavy atom. The summed E-state index contributed by atoms with van der Waals surface area (Å²) in [4.78, 5) is -0.282. The minimum Gasteiger partial charge on any atom is -0.392 e. The number of hydrogen-bond donors (Lipinski definition) is 2. The second-order valence-corrected chi connectivity index (χ2v) is 6.17. The van der Waals surface area contributed by atoms with Gasteiger partial charge in [-0.15, -0.1) is 0 Å². The lowest BCUT2D eigenvalue weighted by Crippen LogP contribution is -2.13. The number of nitrogens with one attached hydrogen (secondary N) is 1. The summed E-state index contributed by atoms with van der Waals surface area (Å²) >= 11 is 0. The SMILES string of the molecule is O=S(=O)(Nc1cccc(CO)c1)c1ccc(C(F)(F)F)cc1. The molecule has 2 N–H and O–H groups in total. The molecular formula is C14H12F3NO3S. The first-order chi connectivity index (χ1) is 10.2. The third-order valence-corrected chi connectivity index (χ3v) is 4.25. The lowest BCUT2D eigenvalue weighted by atomic mass is 10.2. The Balaban J connectivity index is 2.26. The van der Waals surface area contributed by atoms with Crippen LogP contribution in [-0.4, -0.2) is 13.5 Å². The molecule has 4 nitrogen and oxygen atoms in total. The van der Waals surface area contributed by atoms with Gasteiger partial charge in [0.05, 0.1) is 17.1 Å². The smallest absolute Gasteiger partial charge is 0.392 e. The molecule has 0 heterocycles. The molecule has 0 aromatic heterocycles. The summed E-state index contributed by atoms with van der Waals surface area (Å²) in [6.45, 7) is -0.254. The van der Waals surface area contributed by atoms with E-state index in [-0.39, 0.29) is 17.2 Å². The van der Waals surface area contributed by atoms with Crippen LogP contribution in [0.4, 0.5) is 18.9 Å². The van der Waals surface area contributed by atoms with Gasteiger partial charge in [-0.25, -0.2) is 8.42 Å². The molecule has 0 atom stereocenters. The van der Waals surface area contributed by atoms with Gasteiger partial charge in [0.2, 0.25) is 0 Å². The highest BCUT2D eigenvalue weighted by atomic mass is 32.2. The van der Waals surface area contributed by atoms with Crippen molar-refractivity contribution < 1.29 is 26.7 Å². The van der Waals surface area contributed by atoms with Gasteiger partial charge in [0.25, 0.3) is 10.0 Å². The van der Waals surface area contributed by atoms with Crippen LogP contribution in [0.5, 0.6) is 0 Å². The number of aliphatic hydroxyl groups excluding tert-OH is 1. The van der Waals surface area contributed by atoms with Crippen LogP contribution in [0.2, 0.25) is 0 Å². The minimum atomic E-state index is -4.52. The Morgan fingerprint density at radius 3 is 2.23 bits per heavy atom. The predicted molar refractivity (Wildman–Crippen MR) is 74.6 cm³/mol. The molecule has 8 heteroatoms. The molecule has 0 bridgehead atoms. The van der Waals surface area contributed by atoms with E-state index in [9.17, 15) is 21.6 Å². The first-order valence-corrected chi connectivity index (χ1v) is 7.60. The molecule has 22 heavy (non-hydrogen) atoms. The van der Waals surface area contributed by atoms with Crippen LogP contribution in [-0.2, 0) is 22.8 Å². The highest BCUT2D eigenvalue weighted by Gasteiger charge is 2.30. The zero-order chi connectivity index (χ0) is 16.4. The van der Waals surface area contributed by atoms with Gasteiger partial charge in [0.1, 0.15) is 0 Å². The molecule has 2 aromatic rings. The Kier molecular flexibility index (Phi) is 4.43. The molecule has 0 saturated carbocycles. The van der Waals surface area contributed by atoms with Crippen molar-refractivity contribution in [2.24, 2.45) is 0 Å². The number of anilines is 1. The number of alkyl halides is 3. The van der Waals surface area contributed by atoms with E-state index >= 15 is 0 Å². The molecular weight excluding hydrogens is 319 g/mol. The fourth-order valence-corrected chi connectivity index (χ4v) is 2.82. The van der Waals surface area contributed by atoms with Gasteiger partial charge < -0.3 is 5.11 Å². The number of benzene rings is 2. The predicted octanol–water partition coefficient (Wildman–Crippen LogP) is 3.00. The van der Waals surface area contributed by atoms with Crippen LogP contribution < -0.4 is 4.72 Å². The number of sulfonamides is 1. The van der Waals surface area contributed by atoms with E-state index in [4.69, 9.17) is 5.11 Å². The summed E-state index contributed by atoms with van der Waals surface area (Å²) in [6, 6.07) is 9.26. The van der Waals surface area contributed by atoms with E-state index in [0.29, 0.717) is 17.7 Å². The van der Waals surface area contributed by atoms with Crippen molar-refractivity contribution >= 4 is 15.7 Å². The maximum Gasteiger partial charge on any atom is 0.416 e. The summed E-state index contributed by atoms with van der Waals surface area (Å²) < 4.78 is 63.8. The molecule has 0 aliphatic rings.